The van der Waals surface area contributed by atoms with Crippen LogP contribution in [0.15, 0.2) is 23.8 Å². The monoisotopic (exact) mass is 488 g/mol. The number of fused-ring (bicyclic) bond motifs is 5. The summed E-state index contributed by atoms with van der Waals surface area (Å²) < 4.78 is 5.97. The van der Waals surface area contributed by atoms with Gasteiger partial charge in [0.2, 0.25) is 0 Å². The molecule has 0 amide bonds. The largest absolute Gasteiger partial charge is 0.462 e. The minimum atomic E-state index is -0.656. The molecule has 5 heteroatoms. The van der Waals surface area contributed by atoms with Crippen molar-refractivity contribution in [3.05, 3.63) is 23.8 Å². The second-order valence-electron chi connectivity index (χ2n) is 13.2. The van der Waals surface area contributed by atoms with Crippen LogP contribution in [-0.2, 0) is 9.53 Å². The van der Waals surface area contributed by atoms with Crippen LogP contribution in [0.1, 0.15) is 80.6 Å². The summed E-state index contributed by atoms with van der Waals surface area (Å²) in [4.78, 5) is 12.1. The zero-order chi connectivity index (χ0) is 25.9. The molecule has 1 unspecified atom stereocenters. The van der Waals surface area contributed by atoms with Crippen molar-refractivity contribution in [2.75, 3.05) is 0 Å². The van der Waals surface area contributed by atoms with E-state index in [1.807, 2.05) is 6.08 Å². The van der Waals surface area contributed by atoms with Gasteiger partial charge in [0.1, 0.15) is 6.10 Å². The molecular formula is C30H48O5. The molecule has 0 aromatic rings. The quantitative estimate of drug-likeness (QED) is 0.379. The number of allylic oxidation sites excluding steroid dienone is 2. The van der Waals surface area contributed by atoms with E-state index in [1.165, 1.54) is 6.92 Å². The molecule has 0 heterocycles. The SMILES string of the molecule is CC(=O)O[C@H]1C[C@@H]2C3[C@@H](O)C=C4C[C@@H](O)CC[C@@]4(C)[C@@H]3[C@@H](O)C[C@]2(C)[C@H]1[C@H](C)/C=C/[C@@H](C)C(C)C. The lowest BCUT2D eigenvalue weighted by molar-refractivity contribution is -0.158. The number of aliphatic hydroxyl groups is 3. The maximum absolute atomic E-state index is 12.1. The lowest BCUT2D eigenvalue weighted by Crippen LogP contribution is -2.60. The number of hydrogen-bond acceptors (Lipinski definition) is 5. The molecular weight excluding hydrogens is 440 g/mol. The van der Waals surface area contributed by atoms with E-state index in [2.05, 4.69) is 53.7 Å². The van der Waals surface area contributed by atoms with E-state index in [1.54, 1.807) is 0 Å². The van der Waals surface area contributed by atoms with E-state index in [0.29, 0.717) is 24.7 Å². The van der Waals surface area contributed by atoms with Crippen molar-refractivity contribution in [2.45, 2.75) is 105 Å². The highest BCUT2D eigenvalue weighted by molar-refractivity contribution is 5.66. The van der Waals surface area contributed by atoms with Crippen LogP contribution in [0.2, 0.25) is 0 Å². The average molecular weight is 489 g/mol. The summed E-state index contributed by atoms with van der Waals surface area (Å²) in [5.74, 6) is 1.05. The standard InChI is InChI=1S/C30H48O5/c1-16(2)17(3)8-9-18(4)27-25(35-19(5)31)14-22-26-23(33)13-20-12-21(32)10-11-29(20,6)28(26)24(34)15-30(22,27)7/h8-9,13,16-18,21-28,32-34H,10-12,14-15H2,1-7H3/b9-8+/t17-,18-,21+,22-,23+,24+,25+,26?,27+,28-,29-,30+/m1/s1. The van der Waals surface area contributed by atoms with Gasteiger partial charge in [0.15, 0.2) is 0 Å². The lowest BCUT2D eigenvalue weighted by Gasteiger charge is -2.60. The summed E-state index contributed by atoms with van der Waals surface area (Å²) in [5, 5.41) is 33.5. The van der Waals surface area contributed by atoms with Gasteiger partial charge in [-0.05, 0) is 78.4 Å². The van der Waals surface area contributed by atoms with Crippen LogP contribution in [-0.4, -0.2) is 45.7 Å². The van der Waals surface area contributed by atoms with Gasteiger partial charge in [-0.3, -0.25) is 4.79 Å². The Kier molecular flexibility index (Phi) is 7.38. The van der Waals surface area contributed by atoms with Crippen LogP contribution in [0.25, 0.3) is 0 Å². The minimum absolute atomic E-state index is 0.0494. The van der Waals surface area contributed by atoms with E-state index >= 15 is 0 Å². The molecule has 0 aromatic carbocycles. The molecule has 5 nitrogen and oxygen atoms in total. The van der Waals surface area contributed by atoms with Crippen molar-refractivity contribution in [2.24, 2.45) is 52.3 Å². The van der Waals surface area contributed by atoms with Gasteiger partial charge in [-0.25, -0.2) is 0 Å². The average Bonchev–Trinajstić information content (AvgIpc) is 3.03. The Bertz CT molecular complexity index is 863. The molecule has 4 aliphatic carbocycles. The van der Waals surface area contributed by atoms with Crippen LogP contribution < -0.4 is 0 Å². The number of carbonyl (C=O) groups excluding carboxylic acids is 1. The fraction of sp³-hybridized carbons (Fsp3) is 0.833. The highest BCUT2D eigenvalue weighted by Crippen LogP contribution is 2.67. The fourth-order valence-electron chi connectivity index (χ4n) is 8.75. The van der Waals surface area contributed by atoms with Gasteiger partial charge in [-0.1, -0.05) is 65.3 Å². The van der Waals surface area contributed by atoms with Crippen LogP contribution in [0.5, 0.6) is 0 Å². The number of esters is 1. The molecule has 0 aliphatic heterocycles. The Balaban J connectivity index is 1.72. The molecule has 3 N–H and O–H groups in total. The van der Waals surface area contributed by atoms with Crippen LogP contribution in [0.4, 0.5) is 0 Å². The van der Waals surface area contributed by atoms with Crippen LogP contribution in [0.3, 0.4) is 0 Å². The first-order valence-electron chi connectivity index (χ1n) is 13.9. The second-order valence-corrected chi connectivity index (χ2v) is 13.2. The van der Waals surface area contributed by atoms with Crippen LogP contribution >= 0.6 is 0 Å². The highest BCUT2D eigenvalue weighted by atomic mass is 16.5. The Morgan fingerprint density at radius 3 is 2.46 bits per heavy atom. The molecule has 0 bridgehead atoms. The maximum atomic E-state index is 12.1. The van der Waals surface area contributed by atoms with Gasteiger partial charge in [0, 0.05) is 12.8 Å². The van der Waals surface area contributed by atoms with Crippen molar-refractivity contribution in [1.29, 1.82) is 0 Å². The zero-order valence-corrected chi connectivity index (χ0v) is 22.8. The van der Waals surface area contributed by atoms with Crippen molar-refractivity contribution < 1.29 is 24.9 Å². The van der Waals surface area contributed by atoms with E-state index in [9.17, 15) is 20.1 Å². The molecule has 35 heavy (non-hydrogen) atoms. The summed E-state index contributed by atoms with van der Waals surface area (Å²) >= 11 is 0. The van der Waals surface area contributed by atoms with Gasteiger partial charge in [-0.15, -0.1) is 0 Å². The van der Waals surface area contributed by atoms with Crippen molar-refractivity contribution in [3.8, 4) is 0 Å². The van der Waals surface area contributed by atoms with Gasteiger partial charge in [-0.2, -0.15) is 0 Å². The van der Waals surface area contributed by atoms with Crippen molar-refractivity contribution >= 4 is 5.97 Å². The fourth-order valence-corrected chi connectivity index (χ4v) is 8.75. The molecule has 0 aromatic heterocycles. The molecule has 3 saturated carbocycles. The van der Waals surface area contributed by atoms with Crippen molar-refractivity contribution in [1.82, 2.24) is 0 Å². The van der Waals surface area contributed by atoms with E-state index in [-0.39, 0.29) is 58.6 Å². The summed E-state index contributed by atoms with van der Waals surface area (Å²) in [7, 11) is 0. The summed E-state index contributed by atoms with van der Waals surface area (Å²) in [6.07, 6.45) is 8.31. The molecule has 0 radical (unpaired) electrons. The molecule has 4 aliphatic rings. The number of carbonyl (C=O) groups is 1. The number of ether oxygens (including phenoxy) is 1. The first kappa shape index (κ1) is 26.9. The molecule has 0 saturated heterocycles. The smallest absolute Gasteiger partial charge is 0.302 e. The second kappa shape index (κ2) is 9.61. The Morgan fingerprint density at radius 2 is 1.83 bits per heavy atom. The lowest BCUT2D eigenvalue weighted by atomic mass is 9.45. The molecule has 3 fully saturated rings. The first-order valence-corrected chi connectivity index (χ1v) is 13.9. The number of hydrogen-bond donors (Lipinski definition) is 3. The van der Waals surface area contributed by atoms with Crippen LogP contribution in [0, 0.1) is 52.3 Å². The predicted octanol–water partition coefficient (Wildman–Crippen LogP) is 4.89. The zero-order valence-electron chi connectivity index (χ0n) is 22.8. The van der Waals surface area contributed by atoms with Gasteiger partial charge in [0.25, 0.3) is 0 Å². The van der Waals surface area contributed by atoms with E-state index < -0.39 is 12.2 Å². The van der Waals surface area contributed by atoms with E-state index in [4.69, 9.17) is 4.74 Å². The minimum Gasteiger partial charge on any atom is -0.462 e. The Morgan fingerprint density at radius 1 is 1.14 bits per heavy atom. The highest BCUT2D eigenvalue weighted by Gasteiger charge is 2.66. The normalized spacial score (nSPS) is 47.0. The third-order valence-electron chi connectivity index (χ3n) is 10.8. The predicted molar refractivity (Wildman–Crippen MR) is 137 cm³/mol. The molecule has 0 spiro atoms. The number of rotatable bonds is 5. The van der Waals surface area contributed by atoms with Gasteiger partial charge in [0.05, 0.1) is 18.3 Å². The number of aliphatic hydroxyl groups excluding tert-OH is 3. The summed E-state index contributed by atoms with van der Waals surface area (Å²) in [5.41, 5.74) is 0.650. The first-order chi connectivity index (χ1) is 16.3. The van der Waals surface area contributed by atoms with Gasteiger partial charge < -0.3 is 20.1 Å². The Labute approximate surface area is 212 Å². The molecule has 12 atom stereocenters. The summed E-state index contributed by atoms with van der Waals surface area (Å²) in [6.45, 7) is 14.9. The molecule has 4 rings (SSSR count). The molecule has 198 valence electrons. The third-order valence-corrected chi connectivity index (χ3v) is 10.8. The van der Waals surface area contributed by atoms with E-state index in [0.717, 1.165) is 24.8 Å². The van der Waals surface area contributed by atoms with Gasteiger partial charge >= 0.3 is 5.97 Å². The summed E-state index contributed by atoms with van der Waals surface area (Å²) in [6, 6.07) is 0. The third kappa shape index (κ3) is 4.55. The topological polar surface area (TPSA) is 87.0 Å². The maximum Gasteiger partial charge on any atom is 0.302 e. The van der Waals surface area contributed by atoms with Crippen molar-refractivity contribution in [3.63, 3.8) is 0 Å². The Hall–Kier alpha value is -1.17.